The fourth-order valence-electron chi connectivity index (χ4n) is 1.54. The van der Waals surface area contributed by atoms with Crippen LogP contribution in [0.5, 0.6) is 0 Å². The first-order valence-electron chi connectivity index (χ1n) is 6.09. The van der Waals surface area contributed by atoms with Gasteiger partial charge >= 0.3 is 0 Å². The van der Waals surface area contributed by atoms with E-state index < -0.39 is 26.7 Å². The first kappa shape index (κ1) is 15.5. The number of nitrogen functional groups attached to an aromatic ring is 1. The van der Waals surface area contributed by atoms with E-state index in [-0.39, 0.29) is 5.92 Å². The molecular weight excluding hydrogens is 264 g/mol. The molecule has 6 heteroatoms. The third-order valence-electron chi connectivity index (χ3n) is 3.01. The normalized spacial score (nSPS) is 13.3. The predicted octanol–water partition coefficient (Wildman–Crippen LogP) is 1.67. The highest BCUT2D eigenvalue weighted by atomic mass is 32.2. The van der Waals surface area contributed by atoms with Gasteiger partial charge in [-0.15, -0.1) is 0 Å². The summed E-state index contributed by atoms with van der Waals surface area (Å²) in [5, 5.41) is 1.99. The summed E-state index contributed by atoms with van der Waals surface area (Å²) >= 11 is 0. The van der Waals surface area contributed by atoms with Gasteiger partial charge in [0.2, 0.25) is 5.91 Å². The molecule has 0 aliphatic carbocycles. The van der Waals surface area contributed by atoms with E-state index in [2.05, 4.69) is 5.32 Å². The predicted molar refractivity (Wildman–Crippen MR) is 77.6 cm³/mol. The molecule has 1 atom stereocenters. The molecule has 0 aromatic heterocycles. The average Bonchev–Trinajstić information content (AvgIpc) is 2.26. The van der Waals surface area contributed by atoms with Crippen LogP contribution in [-0.2, 0) is 14.6 Å². The SMILES string of the molecule is CC(C)C(C)S(=O)(=O)CC(=O)Nc1cccc(N)c1. The maximum Gasteiger partial charge on any atom is 0.239 e. The second kappa shape index (κ2) is 6.06. The van der Waals surface area contributed by atoms with Crippen LogP contribution in [0.4, 0.5) is 11.4 Å². The second-order valence-corrected chi connectivity index (χ2v) is 7.29. The van der Waals surface area contributed by atoms with E-state index >= 15 is 0 Å². The lowest BCUT2D eigenvalue weighted by molar-refractivity contribution is -0.113. The van der Waals surface area contributed by atoms with Gasteiger partial charge in [-0.05, 0) is 31.0 Å². The van der Waals surface area contributed by atoms with Crippen molar-refractivity contribution in [3.63, 3.8) is 0 Å². The Labute approximate surface area is 114 Å². The van der Waals surface area contributed by atoms with Crippen molar-refractivity contribution in [1.29, 1.82) is 0 Å². The number of benzene rings is 1. The molecule has 1 rings (SSSR count). The van der Waals surface area contributed by atoms with E-state index in [0.717, 1.165) is 0 Å². The van der Waals surface area contributed by atoms with Crippen LogP contribution in [0.3, 0.4) is 0 Å². The first-order chi connectivity index (χ1) is 8.72. The lowest BCUT2D eigenvalue weighted by Gasteiger charge is -2.16. The maximum absolute atomic E-state index is 12.0. The molecule has 0 saturated carbocycles. The van der Waals surface area contributed by atoms with Crippen LogP contribution in [0, 0.1) is 5.92 Å². The Hall–Kier alpha value is -1.56. The summed E-state index contributed by atoms with van der Waals surface area (Å²) in [5.41, 5.74) is 6.59. The number of nitrogens with two attached hydrogens (primary N) is 1. The molecule has 0 aliphatic heterocycles. The van der Waals surface area contributed by atoms with Crippen molar-refractivity contribution in [2.24, 2.45) is 5.92 Å². The van der Waals surface area contributed by atoms with Crippen LogP contribution >= 0.6 is 0 Å². The van der Waals surface area contributed by atoms with Gasteiger partial charge in [0.25, 0.3) is 0 Å². The van der Waals surface area contributed by atoms with Crippen LogP contribution in [-0.4, -0.2) is 25.3 Å². The Morgan fingerprint density at radius 2 is 1.95 bits per heavy atom. The molecule has 0 radical (unpaired) electrons. The minimum Gasteiger partial charge on any atom is -0.399 e. The molecule has 3 N–H and O–H groups in total. The summed E-state index contributed by atoms with van der Waals surface area (Å²) in [6, 6.07) is 6.62. The van der Waals surface area contributed by atoms with Gasteiger partial charge in [0.15, 0.2) is 9.84 Å². The number of carbonyl (C=O) groups excluding carboxylic acids is 1. The van der Waals surface area contributed by atoms with E-state index in [9.17, 15) is 13.2 Å². The Balaban J connectivity index is 2.71. The number of hydrogen-bond donors (Lipinski definition) is 2. The smallest absolute Gasteiger partial charge is 0.239 e. The van der Waals surface area contributed by atoms with E-state index in [1.807, 2.05) is 13.8 Å². The maximum atomic E-state index is 12.0. The number of hydrogen-bond acceptors (Lipinski definition) is 4. The van der Waals surface area contributed by atoms with E-state index in [1.54, 1.807) is 31.2 Å². The number of anilines is 2. The lowest BCUT2D eigenvalue weighted by Crippen LogP contribution is -2.32. The molecule has 0 spiro atoms. The summed E-state index contributed by atoms with van der Waals surface area (Å²) in [7, 11) is -3.43. The third-order valence-corrected chi connectivity index (χ3v) is 5.35. The standard InChI is InChI=1S/C13H20N2O3S/c1-9(2)10(3)19(17,18)8-13(16)15-12-6-4-5-11(14)7-12/h4-7,9-10H,8,14H2,1-3H3,(H,15,16). The zero-order valence-electron chi connectivity index (χ0n) is 11.4. The fraction of sp³-hybridized carbons (Fsp3) is 0.462. The van der Waals surface area contributed by atoms with Gasteiger partial charge in [-0.25, -0.2) is 8.42 Å². The Morgan fingerprint density at radius 1 is 1.32 bits per heavy atom. The van der Waals surface area contributed by atoms with Gasteiger partial charge in [0.05, 0.1) is 5.25 Å². The molecule has 5 nitrogen and oxygen atoms in total. The summed E-state index contributed by atoms with van der Waals surface area (Å²) in [4.78, 5) is 11.7. The van der Waals surface area contributed by atoms with Gasteiger partial charge < -0.3 is 11.1 Å². The fourth-order valence-corrected chi connectivity index (χ4v) is 3.07. The highest BCUT2D eigenvalue weighted by Crippen LogP contribution is 2.14. The molecule has 1 aromatic rings. The van der Waals surface area contributed by atoms with Crippen molar-refractivity contribution < 1.29 is 13.2 Å². The molecule has 106 valence electrons. The van der Waals surface area contributed by atoms with E-state index in [1.165, 1.54) is 0 Å². The van der Waals surface area contributed by atoms with Crippen LogP contribution in [0.15, 0.2) is 24.3 Å². The highest BCUT2D eigenvalue weighted by molar-refractivity contribution is 7.92. The zero-order chi connectivity index (χ0) is 14.6. The van der Waals surface area contributed by atoms with E-state index in [0.29, 0.717) is 11.4 Å². The Kier molecular flexibility index (Phi) is 4.94. The van der Waals surface area contributed by atoms with Crippen molar-refractivity contribution in [3.8, 4) is 0 Å². The van der Waals surface area contributed by atoms with Crippen molar-refractivity contribution in [1.82, 2.24) is 0 Å². The van der Waals surface area contributed by atoms with Gasteiger partial charge in [-0.2, -0.15) is 0 Å². The Morgan fingerprint density at radius 3 is 2.47 bits per heavy atom. The van der Waals surface area contributed by atoms with Crippen LogP contribution in [0.1, 0.15) is 20.8 Å². The molecule has 0 bridgehead atoms. The molecular formula is C13H20N2O3S. The molecule has 19 heavy (non-hydrogen) atoms. The van der Waals surface area contributed by atoms with Gasteiger partial charge in [-0.3, -0.25) is 4.79 Å². The Bertz CT molecular complexity index is 553. The molecule has 0 saturated heterocycles. The summed E-state index contributed by atoms with van der Waals surface area (Å²) < 4.78 is 23.9. The number of carbonyl (C=O) groups is 1. The third kappa shape index (κ3) is 4.55. The quantitative estimate of drug-likeness (QED) is 0.805. The molecule has 0 fully saturated rings. The number of amides is 1. The van der Waals surface area contributed by atoms with Crippen molar-refractivity contribution in [3.05, 3.63) is 24.3 Å². The summed E-state index contributed by atoms with van der Waals surface area (Å²) in [6.07, 6.45) is 0. The largest absolute Gasteiger partial charge is 0.399 e. The topological polar surface area (TPSA) is 89.3 Å². The van der Waals surface area contributed by atoms with Gasteiger partial charge in [0, 0.05) is 11.4 Å². The van der Waals surface area contributed by atoms with Gasteiger partial charge in [0.1, 0.15) is 5.75 Å². The molecule has 0 heterocycles. The molecule has 1 unspecified atom stereocenters. The highest BCUT2D eigenvalue weighted by Gasteiger charge is 2.26. The first-order valence-corrected chi connectivity index (χ1v) is 7.81. The zero-order valence-corrected chi connectivity index (χ0v) is 12.2. The number of sulfone groups is 1. The van der Waals surface area contributed by atoms with E-state index in [4.69, 9.17) is 5.73 Å². The van der Waals surface area contributed by atoms with Crippen molar-refractivity contribution >= 4 is 27.1 Å². The second-order valence-electron chi connectivity index (χ2n) is 4.93. The van der Waals surface area contributed by atoms with Crippen molar-refractivity contribution in [2.75, 3.05) is 16.8 Å². The van der Waals surface area contributed by atoms with Gasteiger partial charge in [-0.1, -0.05) is 19.9 Å². The van der Waals surface area contributed by atoms with Crippen molar-refractivity contribution in [2.45, 2.75) is 26.0 Å². The number of nitrogens with one attached hydrogen (secondary N) is 1. The molecule has 1 aromatic carbocycles. The van der Waals surface area contributed by atoms with Crippen LogP contribution < -0.4 is 11.1 Å². The summed E-state index contributed by atoms with van der Waals surface area (Å²) in [5.74, 6) is -1.08. The van der Waals surface area contributed by atoms with Crippen LogP contribution in [0.2, 0.25) is 0 Å². The lowest BCUT2D eigenvalue weighted by atomic mass is 10.2. The summed E-state index contributed by atoms with van der Waals surface area (Å²) in [6.45, 7) is 5.25. The monoisotopic (exact) mass is 284 g/mol. The number of rotatable bonds is 5. The minimum absolute atomic E-state index is 0.0230. The van der Waals surface area contributed by atoms with Crippen LogP contribution in [0.25, 0.3) is 0 Å². The molecule has 0 aliphatic rings. The average molecular weight is 284 g/mol. The molecule has 1 amide bonds. The minimum atomic E-state index is -3.43.